The molecule has 0 bridgehead atoms. The summed E-state index contributed by atoms with van der Waals surface area (Å²) in [7, 11) is 0. The highest BCUT2D eigenvalue weighted by Gasteiger charge is 2.19. The largest absolute Gasteiger partial charge is 0.337 e. The fraction of sp³-hybridized carbons (Fsp3) is 0.467. The van der Waals surface area contributed by atoms with Crippen LogP contribution in [-0.4, -0.2) is 60.6 Å². The molecule has 3 rings (SSSR count). The molecule has 4 N–H and O–H groups in total. The van der Waals surface area contributed by atoms with Crippen LogP contribution in [0.25, 0.3) is 0 Å². The lowest BCUT2D eigenvalue weighted by Gasteiger charge is -2.26. The fourth-order valence-electron chi connectivity index (χ4n) is 2.60. The second-order valence-corrected chi connectivity index (χ2v) is 6.77. The number of hydrazine groups is 1. The van der Waals surface area contributed by atoms with E-state index < -0.39 is 0 Å². The summed E-state index contributed by atoms with van der Waals surface area (Å²) < 4.78 is 0. The molecule has 0 aromatic heterocycles. The summed E-state index contributed by atoms with van der Waals surface area (Å²) >= 11 is 1.87. The van der Waals surface area contributed by atoms with Crippen LogP contribution in [0.1, 0.15) is 10.4 Å². The summed E-state index contributed by atoms with van der Waals surface area (Å²) in [5.41, 5.74) is 7.15. The first-order valence-corrected chi connectivity index (χ1v) is 8.88. The number of thioether (sulfide) groups is 1. The van der Waals surface area contributed by atoms with Gasteiger partial charge >= 0.3 is 6.03 Å². The Morgan fingerprint density at radius 1 is 1.17 bits per heavy atom. The van der Waals surface area contributed by atoms with Gasteiger partial charge in [-0.3, -0.25) is 15.6 Å². The number of nitrogens with zero attached hydrogens (tertiary/aromatic N) is 1. The molecule has 8 heteroatoms. The van der Waals surface area contributed by atoms with E-state index in [1.165, 1.54) is 0 Å². The van der Waals surface area contributed by atoms with Crippen LogP contribution in [0.2, 0.25) is 0 Å². The number of hydrogen-bond acceptors (Lipinski definition) is 5. The molecular formula is C15H21N5O2S. The third-order valence-electron chi connectivity index (χ3n) is 3.82. The van der Waals surface area contributed by atoms with Crippen LogP contribution in [0.15, 0.2) is 24.3 Å². The molecule has 0 atom stereocenters. The third kappa shape index (κ3) is 4.37. The van der Waals surface area contributed by atoms with E-state index in [1.807, 2.05) is 16.7 Å². The number of anilines is 1. The smallest absolute Gasteiger partial charge is 0.319 e. The van der Waals surface area contributed by atoms with Gasteiger partial charge in [0.15, 0.2) is 0 Å². The summed E-state index contributed by atoms with van der Waals surface area (Å²) in [6.45, 7) is 2.95. The Morgan fingerprint density at radius 3 is 2.65 bits per heavy atom. The van der Waals surface area contributed by atoms with E-state index in [1.54, 1.807) is 24.3 Å². The van der Waals surface area contributed by atoms with Crippen molar-refractivity contribution >= 4 is 29.4 Å². The lowest BCUT2D eigenvalue weighted by Crippen LogP contribution is -2.41. The molecule has 2 fully saturated rings. The van der Waals surface area contributed by atoms with Gasteiger partial charge in [-0.1, -0.05) is 6.07 Å². The highest BCUT2D eigenvalue weighted by atomic mass is 32.2. The molecule has 2 aliphatic heterocycles. The van der Waals surface area contributed by atoms with Crippen LogP contribution in [0.5, 0.6) is 0 Å². The summed E-state index contributed by atoms with van der Waals surface area (Å²) in [5.74, 6) is 1.99. The summed E-state index contributed by atoms with van der Waals surface area (Å²) in [6.07, 6.45) is 0. The molecule has 3 amide bonds. The number of carbonyl (C=O) groups is 2. The van der Waals surface area contributed by atoms with E-state index >= 15 is 0 Å². The van der Waals surface area contributed by atoms with E-state index in [2.05, 4.69) is 21.5 Å². The lowest BCUT2D eigenvalue weighted by molar-refractivity contribution is 0.0772. The van der Waals surface area contributed by atoms with Crippen molar-refractivity contribution in [1.82, 2.24) is 21.1 Å². The number of rotatable bonds is 3. The zero-order chi connectivity index (χ0) is 16.1. The van der Waals surface area contributed by atoms with Gasteiger partial charge in [-0.05, 0) is 18.2 Å². The second kappa shape index (κ2) is 7.67. The minimum absolute atomic E-state index is 0.0264. The number of benzene rings is 1. The molecule has 0 radical (unpaired) electrons. The number of nitrogens with one attached hydrogen (secondary N) is 4. The molecule has 2 aliphatic rings. The van der Waals surface area contributed by atoms with Gasteiger partial charge in [0.1, 0.15) is 0 Å². The van der Waals surface area contributed by atoms with Crippen LogP contribution in [0, 0.1) is 0 Å². The van der Waals surface area contributed by atoms with E-state index in [-0.39, 0.29) is 18.0 Å². The Kier molecular flexibility index (Phi) is 5.37. The molecule has 1 aromatic rings. The van der Waals surface area contributed by atoms with Gasteiger partial charge in [0.05, 0.1) is 6.04 Å². The maximum absolute atomic E-state index is 12.5. The highest BCUT2D eigenvalue weighted by Crippen LogP contribution is 2.16. The Balaban J connectivity index is 1.60. The maximum Gasteiger partial charge on any atom is 0.319 e. The molecule has 2 heterocycles. The molecular weight excluding hydrogens is 314 g/mol. The molecule has 0 saturated carbocycles. The van der Waals surface area contributed by atoms with Gasteiger partial charge < -0.3 is 15.5 Å². The van der Waals surface area contributed by atoms with Crippen molar-refractivity contribution in [3.8, 4) is 0 Å². The van der Waals surface area contributed by atoms with Crippen LogP contribution in [0.4, 0.5) is 10.5 Å². The maximum atomic E-state index is 12.5. The fourth-order valence-corrected chi connectivity index (χ4v) is 3.50. The van der Waals surface area contributed by atoms with Crippen molar-refractivity contribution in [2.75, 3.05) is 43.0 Å². The Hall–Kier alpha value is -1.77. The van der Waals surface area contributed by atoms with Crippen molar-refractivity contribution in [3.05, 3.63) is 29.8 Å². The van der Waals surface area contributed by atoms with E-state index in [0.717, 1.165) is 24.6 Å². The first kappa shape index (κ1) is 16.1. The molecule has 1 aromatic carbocycles. The predicted molar refractivity (Wildman–Crippen MR) is 91.6 cm³/mol. The van der Waals surface area contributed by atoms with E-state index in [4.69, 9.17) is 0 Å². The number of amides is 3. The van der Waals surface area contributed by atoms with E-state index in [0.29, 0.717) is 24.3 Å². The highest BCUT2D eigenvalue weighted by molar-refractivity contribution is 7.99. The standard InChI is InChI=1S/C15H21N5O2S/c21-14(20-4-6-23-7-5-20)11-2-1-3-12(8-11)18-15(22)19-13-9-16-17-10-13/h1-3,8,13,16-17H,4-7,9-10H2,(H2,18,19,22). The minimum Gasteiger partial charge on any atom is -0.337 e. The Labute approximate surface area is 139 Å². The molecule has 0 spiro atoms. The van der Waals surface area contributed by atoms with Crippen LogP contribution < -0.4 is 21.5 Å². The van der Waals surface area contributed by atoms with Crippen LogP contribution >= 0.6 is 11.8 Å². The van der Waals surface area contributed by atoms with Crippen molar-refractivity contribution in [2.45, 2.75) is 6.04 Å². The van der Waals surface area contributed by atoms with Crippen LogP contribution in [0.3, 0.4) is 0 Å². The van der Waals surface area contributed by atoms with Crippen LogP contribution in [-0.2, 0) is 0 Å². The number of hydrogen-bond donors (Lipinski definition) is 4. The van der Waals surface area contributed by atoms with Crippen molar-refractivity contribution in [1.29, 1.82) is 0 Å². The molecule has 0 aliphatic carbocycles. The minimum atomic E-state index is -0.264. The first-order valence-electron chi connectivity index (χ1n) is 7.73. The first-order chi connectivity index (χ1) is 11.2. The van der Waals surface area contributed by atoms with Crippen molar-refractivity contribution in [3.63, 3.8) is 0 Å². The zero-order valence-electron chi connectivity index (χ0n) is 12.8. The second-order valence-electron chi connectivity index (χ2n) is 5.54. The van der Waals surface area contributed by atoms with Gasteiger partial charge in [-0.2, -0.15) is 11.8 Å². The van der Waals surface area contributed by atoms with Crippen molar-refractivity contribution < 1.29 is 9.59 Å². The third-order valence-corrected chi connectivity index (χ3v) is 4.77. The summed E-state index contributed by atoms with van der Waals surface area (Å²) in [6, 6.07) is 6.89. The number of urea groups is 1. The average molecular weight is 335 g/mol. The Morgan fingerprint density at radius 2 is 1.91 bits per heavy atom. The monoisotopic (exact) mass is 335 g/mol. The van der Waals surface area contributed by atoms with E-state index in [9.17, 15) is 9.59 Å². The lowest BCUT2D eigenvalue weighted by atomic mass is 10.1. The predicted octanol–water partition coefficient (Wildman–Crippen LogP) is 0.473. The van der Waals surface area contributed by atoms with Gasteiger partial charge in [0.2, 0.25) is 0 Å². The zero-order valence-corrected chi connectivity index (χ0v) is 13.6. The molecule has 2 saturated heterocycles. The average Bonchev–Trinajstić information content (AvgIpc) is 3.08. The quantitative estimate of drug-likeness (QED) is 0.645. The molecule has 23 heavy (non-hydrogen) atoms. The van der Waals surface area contributed by atoms with Crippen molar-refractivity contribution in [2.24, 2.45) is 0 Å². The molecule has 7 nitrogen and oxygen atoms in total. The Bertz CT molecular complexity index is 571. The van der Waals surface area contributed by atoms with Gasteiger partial charge in [0, 0.05) is 48.9 Å². The van der Waals surface area contributed by atoms with Gasteiger partial charge in [-0.15, -0.1) is 0 Å². The van der Waals surface area contributed by atoms with Gasteiger partial charge in [-0.25, -0.2) is 4.79 Å². The SMILES string of the molecule is O=C(Nc1cccc(C(=O)N2CCSCC2)c1)NC1CNNC1. The van der Waals surface area contributed by atoms with Gasteiger partial charge in [0.25, 0.3) is 5.91 Å². The molecule has 0 unspecified atom stereocenters. The topological polar surface area (TPSA) is 85.5 Å². The molecule has 124 valence electrons. The number of carbonyl (C=O) groups excluding carboxylic acids is 2. The normalized spacial score (nSPS) is 18.7. The summed E-state index contributed by atoms with van der Waals surface area (Å²) in [4.78, 5) is 26.3. The summed E-state index contributed by atoms with van der Waals surface area (Å²) in [5, 5.41) is 5.65.